The topological polar surface area (TPSA) is 45.7 Å². The molecule has 4 nitrogen and oxygen atoms in total. The van der Waals surface area contributed by atoms with E-state index in [1.54, 1.807) is 30.6 Å². The molecule has 0 spiro atoms. The lowest BCUT2D eigenvalue weighted by Crippen LogP contribution is -2.36. The Bertz CT molecular complexity index is 635. The Morgan fingerprint density at radius 3 is 2.79 bits per heavy atom. The van der Waals surface area contributed by atoms with Crippen molar-refractivity contribution in [3.63, 3.8) is 0 Å². The smallest absolute Gasteiger partial charge is 0.191 e. The number of halogens is 2. The minimum absolute atomic E-state index is 0. The van der Waals surface area contributed by atoms with Crippen LogP contribution in [0, 0.1) is 5.82 Å². The van der Waals surface area contributed by atoms with Crippen molar-refractivity contribution < 1.29 is 9.13 Å². The van der Waals surface area contributed by atoms with Crippen molar-refractivity contribution in [3.8, 4) is 0 Å². The first-order chi connectivity index (χ1) is 11.2. The predicted octanol–water partition coefficient (Wildman–Crippen LogP) is 3.91. The number of aliphatic imine (C=N–C) groups is 1. The molecule has 2 aromatic rings. The third-order valence-electron chi connectivity index (χ3n) is 3.18. The molecule has 0 amide bonds. The maximum absolute atomic E-state index is 13.6. The lowest BCUT2D eigenvalue weighted by molar-refractivity contribution is 0.181. The molecular formula is C17H23FIN3OS. The van der Waals surface area contributed by atoms with Crippen LogP contribution >= 0.6 is 35.3 Å². The fraction of sp³-hybridized carbons (Fsp3) is 0.353. The number of nitrogens with zero attached hydrogens (tertiary/aromatic N) is 1. The summed E-state index contributed by atoms with van der Waals surface area (Å²) in [5.74, 6) is 0.501. The van der Waals surface area contributed by atoms with E-state index in [0.717, 1.165) is 24.6 Å². The molecule has 0 aliphatic carbocycles. The first-order valence-corrected chi connectivity index (χ1v) is 8.41. The molecule has 0 saturated heterocycles. The number of rotatable bonds is 7. The fourth-order valence-corrected chi connectivity index (χ4v) is 2.73. The van der Waals surface area contributed by atoms with Crippen LogP contribution in [-0.4, -0.2) is 19.6 Å². The Labute approximate surface area is 163 Å². The summed E-state index contributed by atoms with van der Waals surface area (Å²) in [5.41, 5.74) is 1.50. The Kier molecular flexibility index (Phi) is 9.89. The van der Waals surface area contributed by atoms with Crippen LogP contribution in [0.3, 0.4) is 0 Å². The molecule has 0 aliphatic heterocycles. The summed E-state index contributed by atoms with van der Waals surface area (Å²) in [7, 11) is 1.56. The van der Waals surface area contributed by atoms with Gasteiger partial charge in [-0.25, -0.2) is 9.38 Å². The summed E-state index contributed by atoms with van der Waals surface area (Å²) in [6, 6.07) is 9.12. The van der Waals surface area contributed by atoms with Crippen LogP contribution in [0.2, 0.25) is 0 Å². The van der Waals surface area contributed by atoms with Crippen molar-refractivity contribution >= 4 is 41.3 Å². The zero-order valence-corrected chi connectivity index (χ0v) is 17.0. The molecule has 2 rings (SSSR count). The minimum atomic E-state index is -0.248. The monoisotopic (exact) mass is 463 g/mol. The lowest BCUT2D eigenvalue weighted by Gasteiger charge is -2.11. The Morgan fingerprint density at radius 2 is 2.12 bits per heavy atom. The van der Waals surface area contributed by atoms with Crippen molar-refractivity contribution in [2.75, 3.05) is 13.7 Å². The van der Waals surface area contributed by atoms with Crippen LogP contribution < -0.4 is 10.6 Å². The lowest BCUT2D eigenvalue weighted by atomic mass is 10.1. The van der Waals surface area contributed by atoms with E-state index in [1.165, 1.54) is 10.9 Å². The molecule has 0 fully saturated rings. The van der Waals surface area contributed by atoms with E-state index in [9.17, 15) is 4.39 Å². The summed E-state index contributed by atoms with van der Waals surface area (Å²) in [6.45, 7) is 4.30. The molecule has 1 aromatic heterocycles. The predicted molar refractivity (Wildman–Crippen MR) is 109 cm³/mol. The van der Waals surface area contributed by atoms with Gasteiger partial charge in [0, 0.05) is 24.1 Å². The second-order valence-corrected chi connectivity index (χ2v) is 6.02. The Balaban J connectivity index is 0.00000288. The van der Waals surface area contributed by atoms with Gasteiger partial charge in [-0.05, 0) is 36.1 Å². The van der Waals surface area contributed by atoms with Crippen LogP contribution in [0.25, 0.3) is 0 Å². The summed E-state index contributed by atoms with van der Waals surface area (Å²) >= 11 is 1.71. The molecule has 24 heavy (non-hydrogen) atoms. The number of hydrogen-bond acceptors (Lipinski definition) is 3. The molecule has 0 bridgehead atoms. The molecule has 1 heterocycles. The number of guanidine groups is 1. The van der Waals surface area contributed by atoms with Gasteiger partial charge in [-0.3, -0.25) is 0 Å². The third kappa shape index (κ3) is 6.74. The molecule has 7 heteroatoms. The van der Waals surface area contributed by atoms with Crippen LogP contribution in [0.15, 0.2) is 40.7 Å². The zero-order valence-electron chi connectivity index (χ0n) is 13.8. The molecule has 0 unspecified atom stereocenters. The minimum Gasteiger partial charge on any atom is -0.380 e. The fourth-order valence-electron chi connectivity index (χ4n) is 2.09. The van der Waals surface area contributed by atoms with Gasteiger partial charge in [-0.2, -0.15) is 0 Å². The highest BCUT2D eigenvalue weighted by Gasteiger charge is 2.04. The van der Waals surface area contributed by atoms with Gasteiger partial charge in [0.05, 0.1) is 19.7 Å². The van der Waals surface area contributed by atoms with Crippen molar-refractivity contribution in [2.45, 2.75) is 26.6 Å². The largest absolute Gasteiger partial charge is 0.380 e. The maximum atomic E-state index is 13.6. The second kappa shape index (κ2) is 11.4. The first kappa shape index (κ1) is 20.9. The van der Waals surface area contributed by atoms with E-state index in [1.807, 2.05) is 13.0 Å². The molecular weight excluding hydrogens is 440 g/mol. The second-order valence-electron chi connectivity index (χ2n) is 4.99. The number of hydrogen-bond donors (Lipinski definition) is 2. The van der Waals surface area contributed by atoms with Crippen LogP contribution in [-0.2, 0) is 24.4 Å². The van der Waals surface area contributed by atoms with E-state index >= 15 is 0 Å². The summed E-state index contributed by atoms with van der Waals surface area (Å²) in [5, 5.41) is 8.56. The molecule has 0 aliphatic rings. The van der Waals surface area contributed by atoms with Gasteiger partial charge < -0.3 is 15.4 Å². The molecule has 0 radical (unpaired) electrons. The number of methoxy groups -OCH3 is 1. The number of thiophene rings is 1. The SMILES string of the molecule is CCNC(=NCc1ccc(F)c(COC)c1)NCc1cccs1.I. The van der Waals surface area contributed by atoms with E-state index in [0.29, 0.717) is 12.1 Å². The van der Waals surface area contributed by atoms with E-state index in [-0.39, 0.29) is 36.4 Å². The van der Waals surface area contributed by atoms with Gasteiger partial charge in [0.15, 0.2) is 5.96 Å². The first-order valence-electron chi connectivity index (χ1n) is 7.53. The number of nitrogens with one attached hydrogen (secondary N) is 2. The highest BCUT2D eigenvalue weighted by molar-refractivity contribution is 14.0. The van der Waals surface area contributed by atoms with Crippen molar-refractivity contribution in [1.82, 2.24) is 10.6 Å². The maximum Gasteiger partial charge on any atom is 0.191 e. The molecule has 0 atom stereocenters. The quantitative estimate of drug-likeness (QED) is 0.372. The normalized spacial score (nSPS) is 11.0. The summed E-state index contributed by atoms with van der Waals surface area (Å²) in [4.78, 5) is 5.80. The molecule has 0 saturated carbocycles. The van der Waals surface area contributed by atoms with Crippen LogP contribution in [0.1, 0.15) is 22.9 Å². The summed E-state index contributed by atoms with van der Waals surface area (Å²) in [6.07, 6.45) is 0. The van der Waals surface area contributed by atoms with Gasteiger partial charge in [0.25, 0.3) is 0 Å². The average molecular weight is 463 g/mol. The van der Waals surface area contributed by atoms with Gasteiger partial charge in [-0.15, -0.1) is 35.3 Å². The third-order valence-corrected chi connectivity index (χ3v) is 4.06. The highest BCUT2D eigenvalue weighted by Crippen LogP contribution is 2.12. The van der Waals surface area contributed by atoms with E-state index in [2.05, 4.69) is 27.1 Å². The standard InChI is InChI=1S/C17H22FN3OS.HI/c1-3-19-17(21-11-15-5-4-8-23-15)20-10-13-6-7-16(18)14(9-13)12-22-2;/h4-9H,3,10-12H2,1-2H3,(H2,19,20,21);1H. The van der Waals surface area contributed by atoms with Crippen molar-refractivity contribution in [1.29, 1.82) is 0 Å². The van der Waals surface area contributed by atoms with Crippen LogP contribution in [0.5, 0.6) is 0 Å². The van der Waals surface area contributed by atoms with Crippen LogP contribution in [0.4, 0.5) is 4.39 Å². The average Bonchev–Trinajstić information content (AvgIpc) is 3.06. The van der Waals surface area contributed by atoms with Gasteiger partial charge in [0.1, 0.15) is 5.82 Å². The highest BCUT2D eigenvalue weighted by atomic mass is 127. The van der Waals surface area contributed by atoms with E-state index < -0.39 is 0 Å². The van der Waals surface area contributed by atoms with Gasteiger partial charge in [0.2, 0.25) is 0 Å². The number of benzene rings is 1. The van der Waals surface area contributed by atoms with Crippen molar-refractivity contribution in [3.05, 3.63) is 57.5 Å². The van der Waals surface area contributed by atoms with Gasteiger partial charge >= 0.3 is 0 Å². The summed E-state index contributed by atoms with van der Waals surface area (Å²) < 4.78 is 18.6. The number of ether oxygens (including phenoxy) is 1. The zero-order chi connectivity index (χ0) is 16.5. The molecule has 132 valence electrons. The van der Waals surface area contributed by atoms with E-state index in [4.69, 9.17) is 4.74 Å². The molecule has 1 aromatic carbocycles. The molecule has 2 N–H and O–H groups in total. The Hall–Kier alpha value is -1.19. The van der Waals surface area contributed by atoms with Crippen molar-refractivity contribution in [2.24, 2.45) is 4.99 Å². The Morgan fingerprint density at radius 1 is 1.29 bits per heavy atom. The van der Waals surface area contributed by atoms with Gasteiger partial charge in [-0.1, -0.05) is 12.1 Å².